The van der Waals surface area contributed by atoms with Gasteiger partial charge in [-0.05, 0) is 26.0 Å². The van der Waals surface area contributed by atoms with Crippen LogP contribution >= 0.6 is 0 Å². The summed E-state index contributed by atoms with van der Waals surface area (Å²) in [4.78, 5) is 0. The van der Waals surface area contributed by atoms with Crippen molar-refractivity contribution in [3.05, 3.63) is 11.8 Å². The van der Waals surface area contributed by atoms with E-state index in [2.05, 4.69) is 25.2 Å². The average Bonchev–Trinajstić information content (AvgIpc) is 2.79. The van der Waals surface area contributed by atoms with Crippen LogP contribution in [0.15, 0.2) is 11.8 Å². The van der Waals surface area contributed by atoms with Gasteiger partial charge in [-0.25, -0.2) is 0 Å². The molecule has 0 bridgehead atoms. The molecule has 0 amide bonds. The van der Waals surface area contributed by atoms with E-state index in [1.165, 1.54) is 0 Å². The molecule has 3 heteroatoms. The molecule has 0 aromatic carbocycles. The fourth-order valence-electron chi connectivity index (χ4n) is 2.37. The highest BCUT2D eigenvalue weighted by molar-refractivity contribution is 5.14. The van der Waals surface area contributed by atoms with E-state index < -0.39 is 0 Å². The average molecular weight is 213 g/mol. The molecule has 0 radical (unpaired) electrons. The van der Waals surface area contributed by atoms with Crippen LogP contribution in [0.4, 0.5) is 0 Å². The van der Waals surface area contributed by atoms with Gasteiger partial charge in [-0.3, -0.25) is 0 Å². The molecule has 0 saturated heterocycles. The van der Waals surface area contributed by atoms with Gasteiger partial charge in [0.05, 0.1) is 18.2 Å². The molecule has 1 unspecified atom stereocenters. The molecule has 0 spiro atoms. The largest absolute Gasteiger partial charge is 0.496 e. The van der Waals surface area contributed by atoms with Crippen molar-refractivity contribution in [3.8, 4) is 0 Å². The van der Waals surface area contributed by atoms with Gasteiger partial charge in [-0.1, -0.05) is 13.8 Å². The first-order chi connectivity index (χ1) is 7.24. The van der Waals surface area contributed by atoms with Gasteiger partial charge in [0.25, 0.3) is 0 Å². The molecule has 3 nitrogen and oxygen atoms in total. The van der Waals surface area contributed by atoms with Gasteiger partial charge in [0.15, 0.2) is 0 Å². The Labute approximate surface area is 92.8 Å². The first-order valence-electron chi connectivity index (χ1n) is 5.79. The van der Waals surface area contributed by atoms with Crippen LogP contribution in [0.2, 0.25) is 0 Å². The van der Waals surface area contributed by atoms with Crippen molar-refractivity contribution in [2.45, 2.75) is 44.8 Å². The lowest BCUT2D eigenvalue weighted by Crippen LogP contribution is -2.51. The summed E-state index contributed by atoms with van der Waals surface area (Å²) < 4.78 is 11.4. The summed E-state index contributed by atoms with van der Waals surface area (Å²) in [5.74, 6) is 1.04. The van der Waals surface area contributed by atoms with Crippen LogP contribution in [0.3, 0.4) is 0 Å². The predicted molar refractivity (Wildman–Crippen MR) is 61.8 cm³/mol. The quantitative estimate of drug-likeness (QED) is 0.733. The third kappa shape index (κ3) is 2.34. The number of likely N-dealkylation sites (N-methyl/N-ethyl adjacent to an activating group) is 1. The smallest absolute Gasteiger partial charge is 0.112 e. The van der Waals surface area contributed by atoms with Gasteiger partial charge in [-0.15, -0.1) is 0 Å². The lowest BCUT2D eigenvalue weighted by molar-refractivity contribution is -0.0475. The van der Waals surface area contributed by atoms with Crippen molar-refractivity contribution in [2.75, 3.05) is 20.8 Å². The van der Waals surface area contributed by atoms with Crippen molar-refractivity contribution in [1.82, 2.24) is 5.32 Å². The van der Waals surface area contributed by atoms with E-state index >= 15 is 0 Å². The second kappa shape index (κ2) is 5.52. The second-order valence-electron chi connectivity index (χ2n) is 3.94. The van der Waals surface area contributed by atoms with Crippen LogP contribution in [-0.2, 0) is 9.47 Å². The highest BCUT2D eigenvalue weighted by Crippen LogP contribution is 2.30. The third-order valence-electron chi connectivity index (χ3n) is 3.43. The van der Waals surface area contributed by atoms with Crippen molar-refractivity contribution < 1.29 is 9.47 Å². The van der Waals surface area contributed by atoms with E-state index in [9.17, 15) is 0 Å². The Morgan fingerprint density at radius 3 is 2.53 bits per heavy atom. The summed E-state index contributed by atoms with van der Waals surface area (Å²) in [5.41, 5.74) is -0.148. The number of hydrogen-bond donors (Lipinski definition) is 1. The molecule has 1 aliphatic rings. The molecule has 0 aliphatic carbocycles. The van der Waals surface area contributed by atoms with E-state index in [0.29, 0.717) is 0 Å². The van der Waals surface area contributed by atoms with Gasteiger partial charge in [0.2, 0.25) is 0 Å². The van der Waals surface area contributed by atoms with Gasteiger partial charge >= 0.3 is 0 Å². The maximum Gasteiger partial charge on any atom is 0.112 e. The summed E-state index contributed by atoms with van der Waals surface area (Å²) in [7, 11) is 3.75. The second-order valence-corrected chi connectivity index (χ2v) is 3.94. The first-order valence-corrected chi connectivity index (χ1v) is 5.79. The standard InChI is InChI=1S/C12H23NO2/c1-5-12(6-2,14-4)11(13-3)10-8-7-9-15-10/h8,11,13H,5-7,9H2,1-4H3. The monoisotopic (exact) mass is 213 g/mol. The molecular formula is C12H23NO2. The van der Waals surface area contributed by atoms with Crippen LogP contribution in [0.5, 0.6) is 0 Å². The molecule has 0 aromatic heterocycles. The molecule has 15 heavy (non-hydrogen) atoms. The van der Waals surface area contributed by atoms with E-state index in [1.807, 2.05) is 7.05 Å². The SMILES string of the molecule is CCC(CC)(OC)C(NC)C1=CCCO1. The van der Waals surface area contributed by atoms with Crippen molar-refractivity contribution in [1.29, 1.82) is 0 Å². The highest BCUT2D eigenvalue weighted by atomic mass is 16.5. The van der Waals surface area contributed by atoms with Crippen LogP contribution < -0.4 is 5.32 Å². The molecular weight excluding hydrogens is 190 g/mol. The molecule has 0 aromatic rings. The Bertz CT molecular complexity index is 213. The van der Waals surface area contributed by atoms with E-state index in [1.54, 1.807) is 7.11 Å². The summed E-state index contributed by atoms with van der Waals surface area (Å²) in [6.45, 7) is 5.13. The number of methoxy groups -OCH3 is 1. The predicted octanol–water partition coefficient (Wildman–Crippen LogP) is 2.08. The van der Waals surface area contributed by atoms with Gasteiger partial charge in [0, 0.05) is 13.5 Å². The van der Waals surface area contributed by atoms with E-state index in [-0.39, 0.29) is 11.6 Å². The number of hydrogen-bond acceptors (Lipinski definition) is 3. The number of rotatable bonds is 6. The molecule has 1 aliphatic heterocycles. The van der Waals surface area contributed by atoms with Crippen molar-refractivity contribution in [2.24, 2.45) is 0 Å². The molecule has 88 valence electrons. The van der Waals surface area contributed by atoms with Crippen LogP contribution in [-0.4, -0.2) is 32.4 Å². The molecule has 0 saturated carbocycles. The zero-order chi connectivity index (χ0) is 11.3. The lowest BCUT2D eigenvalue weighted by atomic mass is 9.87. The third-order valence-corrected chi connectivity index (χ3v) is 3.43. The fourth-order valence-corrected chi connectivity index (χ4v) is 2.37. The fraction of sp³-hybridized carbons (Fsp3) is 0.833. The molecule has 1 heterocycles. The number of nitrogens with one attached hydrogen (secondary N) is 1. The summed E-state index contributed by atoms with van der Waals surface area (Å²) in [6, 6.07) is 0.167. The summed E-state index contributed by atoms with van der Waals surface area (Å²) in [5, 5.41) is 3.32. The van der Waals surface area contributed by atoms with Gasteiger partial charge in [-0.2, -0.15) is 0 Å². The normalized spacial score (nSPS) is 18.5. The van der Waals surface area contributed by atoms with Gasteiger partial charge in [0.1, 0.15) is 5.76 Å². The first kappa shape index (κ1) is 12.5. The van der Waals surface area contributed by atoms with Gasteiger partial charge < -0.3 is 14.8 Å². The molecule has 1 N–H and O–H groups in total. The zero-order valence-corrected chi connectivity index (χ0v) is 10.3. The summed E-state index contributed by atoms with van der Waals surface area (Å²) in [6.07, 6.45) is 5.14. The van der Waals surface area contributed by atoms with Crippen molar-refractivity contribution >= 4 is 0 Å². The Hall–Kier alpha value is -0.540. The Morgan fingerprint density at radius 1 is 1.53 bits per heavy atom. The Balaban J connectivity index is 2.86. The topological polar surface area (TPSA) is 30.5 Å². The summed E-state index contributed by atoms with van der Waals surface area (Å²) >= 11 is 0. The minimum atomic E-state index is -0.148. The van der Waals surface area contributed by atoms with E-state index in [4.69, 9.17) is 9.47 Å². The van der Waals surface area contributed by atoms with E-state index in [0.717, 1.165) is 31.6 Å². The maximum absolute atomic E-state index is 5.72. The lowest BCUT2D eigenvalue weighted by Gasteiger charge is -2.38. The maximum atomic E-state index is 5.72. The Morgan fingerprint density at radius 2 is 2.20 bits per heavy atom. The minimum absolute atomic E-state index is 0.148. The molecule has 0 fully saturated rings. The van der Waals surface area contributed by atoms with Crippen LogP contribution in [0.25, 0.3) is 0 Å². The zero-order valence-electron chi connectivity index (χ0n) is 10.3. The van der Waals surface area contributed by atoms with Crippen LogP contribution in [0.1, 0.15) is 33.1 Å². The Kier molecular flexibility index (Phi) is 4.61. The minimum Gasteiger partial charge on any atom is -0.496 e. The van der Waals surface area contributed by atoms with Crippen molar-refractivity contribution in [3.63, 3.8) is 0 Å². The highest BCUT2D eigenvalue weighted by Gasteiger charge is 2.38. The number of ether oxygens (including phenoxy) is 2. The molecule has 1 atom stereocenters. The molecule has 1 rings (SSSR count). The van der Waals surface area contributed by atoms with Crippen LogP contribution in [0, 0.1) is 0 Å².